The minimum Gasteiger partial charge on any atom is -0.383 e. The Morgan fingerprint density at radius 3 is 2.20 bits per heavy atom. The van der Waals surface area contributed by atoms with Gasteiger partial charge in [0.05, 0.1) is 66.8 Å². The number of carbonyl (C=O) groups is 2. The summed E-state index contributed by atoms with van der Waals surface area (Å²) in [6.07, 6.45) is 14.2. The summed E-state index contributed by atoms with van der Waals surface area (Å²) in [7, 11) is 0. The van der Waals surface area contributed by atoms with E-state index in [1.807, 2.05) is 28.4 Å². The third-order valence-corrected chi connectivity index (χ3v) is 11.8. The molecule has 0 bridgehead atoms. The van der Waals surface area contributed by atoms with Gasteiger partial charge >= 0.3 is 11.8 Å². The fourth-order valence-corrected chi connectivity index (χ4v) is 8.76. The maximum absolute atomic E-state index is 13.6. The number of thiazole rings is 1. The van der Waals surface area contributed by atoms with E-state index in [1.54, 1.807) is 39.5 Å². The molecule has 0 radical (unpaired) electrons. The van der Waals surface area contributed by atoms with Crippen LogP contribution in [0.25, 0.3) is 32.0 Å². The molecule has 5 N–H and O–H groups in total. The van der Waals surface area contributed by atoms with Crippen LogP contribution in [0.1, 0.15) is 82.4 Å². The Morgan fingerprint density at radius 1 is 0.852 bits per heavy atom. The van der Waals surface area contributed by atoms with Gasteiger partial charge in [0, 0.05) is 26.0 Å². The van der Waals surface area contributed by atoms with Crippen LogP contribution in [0.5, 0.6) is 0 Å². The van der Waals surface area contributed by atoms with E-state index in [4.69, 9.17) is 20.9 Å². The maximum Gasteiger partial charge on any atom is 0.314 e. The van der Waals surface area contributed by atoms with Crippen LogP contribution in [0.4, 0.5) is 17.3 Å². The lowest BCUT2D eigenvalue weighted by Gasteiger charge is -2.38. The summed E-state index contributed by atoms with van der Waals surface area (Å²) in [4.78, 5) is 41.4. The molecule has 8 heterocycles. The number of hydrogen-bond acceptors (Lipinski definition) is 12. The van der Waals surface area contributed by atoms with Gasteiger partial charge in [-0.2, -0.15) is 10.2 Å². The lowest BCUT2D eigenvalue weighted by Crippen LogP contribution is -2.46. The molecule has 2 amide bonds. The standard InChI is InChI=1S/C26H29N7O3S.C11H13BrN4O/c1-15-5-7-20(16-6-8-21-18(10-16)29-14-37-21)32(13-15)26(35)25(34)31-19-12-28-24(27)17-11-30-33(23(17)19)22-4-2-3-9-36-22;12-8-6-14-11(13)7-5-15-16(10(7)8)9-3-1-2-4-17-9/h6,8,10-12,14-15,20,22H,2-5,7,9,13H2,1H3,(H2,27,28)(H,31,34);5-6,9H,1-4H2,(H2,13,14)/t15-,20+,22?;/m0./s1. The highest BCUT2D eigenvalue weighted by Crippen LogP contribution is 2.37. The van der Waals surface area contributed by atoms with Crippen molar-refractivity contribution >= 4 is 88.4 Å². The Balaban J connectivity index is 0.000000202. The largest absolute Gasteiger partial charge is 0.383 e. The molecule has 0 saturated carbocycles. The van der Waals surface area contributed by atoms with Gasteiger partial charge in [-0.15, -0.1) is 11.3 Å². The van der Waals surface area contributed by atoms with Gasteiger partial charge in [0.15, 0.2) is 12.5 Å². The first kappa shape index (κ1) is 36.3. The molecule has 282 valence electrons. The lowest BCUT2D eigenvalue weighted by atomic mass is 9.89. The van der Waals surface area contributed by atoms with Crippen molar-refractivity contribution in [3.8, 4) is 0 Å². The molecular formula is C37H42BrN11O4S. The molecule has 2 unspecified atom stereocenters. The summed E-state index contributed by atoms with van der Waals surface area (Å²) in [5, 5.41) is 13.2. The summed E-state index contributed by atoms with van der Waals surface area (Å²) in [5.41, 5.74) is 17.6. The van der Waals surface area contributed by atoms with Crippen LogP contribution in [-0.2, 0) is 19.1 Å². The van der Waals surface area contributed by atoms with Crippen molar-refractivity contribution in [1.82, 2.24) is 39.4 Å². The zero-order chi connectivity index (χ0) is 37.3. The molecule has 15 nitrogen and oxygen atoms in total. The number of nitrogens with zero attached hydrogens (tertiary/aromatic N) is 8. The molecule has 5 aromatic heterocycles. The first-order valence-electron chi connectivity index (χ1n) is 18.3. The van der Waals surface area contributed by atoms with Crippen LogP contribution in [0, 0.1) is 5.92 Å². The SMILES string of the molecule is C[C@H]1CC[C@H](c2ccc3scnc3c2)N(C(=O)C(=O)Nc2cnc(N)c3cnn(C4CCCCO4)c23)C1.Nc1ncc(Br)c2c1cnn2C1CCCCO1. The van der Waals surface area contributed by atoms with Crippen LogP contribution in [0.15, 0.2) is 53.0 Å². The highest BCUT2D eigenvalue weighted by molar-refractivity contribution is 9.10. The van der Waals surface area contributed by atoms with Crippen molar-refractivity contribution in [2.24, 2.45) is 5.92 Å². The number of nitrogens with two attached hydrogens (primary N) is 2. The molecular weight excluding hydrogens is 774 g/mol. The third kappa shape index (κ3) is 7.12. The first-order chi connectivity index (χ1) is 26.3. The van der Waals surface area contributed by atoms with Gasteiger partial charge in [-0.05, 0) is 90.9 Å². The van der Waals surface area contributed by atoms with E-state index in [9.17, 15) is 9.59 Å². The number of carbonyl (C=O) groups excluding carboxylic acids is 2. The van der Waals surface area contributed by atoms with Crippen molar-refractivity contribution in [3.63, 3.8) is 0 Å². The second-order valence-corrected chi connectivity index (χ2v) is 15.8. The molecule has 3 aliphatic rings. The zero-order valence-electron chi connectivity index (χ0n) is 29.9. The highest BCUT2D eigenvalue weighted by Gasteiger charge is 2.35. The molecule has 3 aliphatic heterocycles. The number of aromatic nitrogens is 7. The lowest BCUT2D eigenvalue weighted by molar-refractivity contribution is -0.146. The first-order valence-corrected chi connectivity index (χ1v) is 20.0. The number of benzene rings is 1. The molecule has 9 rings (SSSR count). The molecule has 6 aromatic rings. The zero-order valence-corrected chi connectivity index (χ0v) is 32.3. The van der Waals surface area contributed by atoms with Gasteiger partial charge in [0.2, 0.25) is 0 Å². The summed E-state index contributed by atoms with van der Waals surface area (Å²) < 4.78 is 17.3. The minimum atomic E-state index is -0.709. The molecule has 0 spiro atoms. The normalized spacial score (nSPS) is 21.9. The number of hydrogen-bond donors (Lipinski definition) is 3. The van der Waals surface area contributed by atoms with Crippen molar-refractivity contribution in [1.29, 1.82) is 0 Å². The van der Waals surface area contributed by atoms with Crippen LogP contribution >= 0.6 is 27.3 Å². The van der Waals surface area contributed by atoms with Crippen LogP contribution in [0.2, 0.25) is 0 Å². The van der Waals surface area contributed by atoms with Crippen LogP contribution in [-0.4, -0.2) is 71.0 Å². The monoisotopic (exact) mass is 815 g/mol. The second kappa shape index (κ2) is 15.6. The van der Waals surface area contributed by atoms with Gasteiger partial charge in [-0.1, -0.05) is 13.0 Å². The highest BCUT2D eigenvalue weighted by atomic mass is 79.9. The number of halogens is 1. The number of piperidine rings is 1. The quantitative estimate of drug-likeness (QED) is 0.160. The van der Waals surface area contributed by atoms with Gasteiger partial charge in [-0.25, -0.2) is 24.3 Å². The Kier molecular flexibility index (Phi) is 10.5. The Labute approximate surface area is 323 Å². The number of anilines is 3. The van der Waals surface area contributed by atoms with Crippen molar-refractivity contribution in [2.75, 3.05) is 36.5 Å². The predicted molar refractivity (Wildman–Crippen MR) is 210 cm³/mol. The molecule has 0 aliphatic carbocycles. The second-order valence-electron chi connectivity index (χ2n) is 14.1. The van der Waals surface area contributed by atoms with E-state index in [0.29, 0.717) is 47.3 Å². The molecule has 4 atom stereocenters. The Bertz CT molecular complexity index is 2310. The number of nitrogens with one attached hydrogen (secondary N) is 1. The molecule has 1 aromatic carbocycles. The molecule has 3 fully saturated rings. The number of ether oxygens (including phenoxy) is 2. The van der Waals surface area contributed by atoms with Gasteiger partial charge in [-0.3, -0.25) is 9.59 Å². The summed E-state index contributed by atoms with van der Waals surface area (Å²) >= 11 is 5.08. The summed E-state index contributed by atoms with van der Waals surface area (Å²) in [5.74, 6) is -0.168. The van der Waals surface area contributed by atoms with E-state index in [-0.39, 0.29) is 18.5 Å². The number of rotatable bonds is 4. The van der Waals surface area contributed by atoms with E-state index in [2.05, 4.69) is 53.3 Å². The number of amides is 2. The number of pyridine rings is 2. The maximum atomic E-state index is 13.6. The van der Waals surface area contributed by atoms with Gasteiger partial charge in [0.1, 0.15) is 17.2 Å². The average molecular weight is 817 g/mol. The van der Waals surface area contributed by atoms with E-state index >= 15 is 0 Å². The summed E-state index contributed by atoms with van der Waals surface area (Å²) in [6.45, 7) is 4.06. The van der Waals surface area contributed by atoms with Crippen molar-refractivity contribution < 1.29 is 19.1 Å². The van der Waals surface area contributed by atoms with E-state index in [0.717, 1.165) is 82.7 Å². The van der Waals surface area contributed by atoms with Gasteiger partial charge in [0.25, 0.3) is 0 Å². The van der Waals surface area contributed by atoms with Crippen LogP contribution in [0.3, 0.4) is 0 Å². The van der Waals surface area contributed by atoms with E-state index in [1.165, 1.54) is 12.6 Å². The van der Waals surface area contributed by atoms with Gasteiger partial charge < -0.3 is 31.2 Å². The summed E-state index contributed by atoms with van der Waals surface area (Å²) in [6, 6.07) is 5.91. The fourth-order valence-electron chi connectivity index (χ4n) is 7.60. The Hall–Kier alpha value is -4.71. The number of likely N-dealkylation sites (tertiary alicyclic amines) is 1. The van der Waals surface area contributed by atoms with Crippen LogP contribution < -0.4 is 16.8 Å². The molecule has 54 heavy (non-hydrogen) atoms. The smallest absolute Gasteiger partial charge is 0.314 e. The minimum absolute atomic E-state index is 0.0133. The number of fused-ring (bicyclic) bond motifs is 3. The third-order valence-electron chi connectivity index (χ3n) is 10.4. The van der Waals surface area contributed by atoms with Crippen molar-refractivity contribution in [3.05, 3.63) is 58.5 Å². The Morgan fingerprint density at radius 2 is 1.52 bits per heavy atom. The molecule has 17 heteroatoms. The molecule has 3 saturated heterocycles. The fraction of sp³-hybridized carbons (Fsp3) is 0.432. The number of nitrogen functional groups attached to an aromatic ring is 2. The average Bonchev–Trinajstić information content (AvgIpc) is 3.98. The predicted octanol–water partition coefficient (Wildman–Crippen LogP) is 6.74. The van der Waals surface area contributed by atoms with E-state index < -0.39 is 11.8 Å². The van der Waals surface area contributed by atoms with Crippen molar-refractivity contribution in [2.45, 2.75) is 76.8 Å². The topological polar surface area (TPSA) is 194 Å².